The van der Waals surface area contributed by atoms with E-state index in [-0.39, 0.29) is 0 Å². The molecule has 1 fully saturated rings. The highest BCUT2D eigenvalue weighted by Gasteiger charge is 2.13. The first-order valence-corrected chi connectivity index (χ1v) is 12.0. The summed E-state index contributed by atoms with van der Waals surface area (Å²) in [7, 11) is 1.69. The molecule has 0 spiro atoms. The van der Waals surface area contributed by atoms with Crippen molar-refractivity contribution >= 4 is 16.7 Å². The van der Waals surface area contributed by atoms with Gasteiger partial charge >= 0.3 is 0 Å². The molecule has 0 bridgehead atoms. The molecular weight excluding hydrogens is 442 g/mol. The number of fused-ring (bicyclic) bond motifs is 1. The monoisotopic (exact) mass is 473 g/mol. The van der Waals surface area contributed by atoms with Gasteiger partial charge in [0.2, 0.25) is 5.88 Å². The SMILES string of the molecule is COc1cccc(CN(Cc2ccc3nc[nH]c3c2)c2ccnc(OCCN3CCOCC3)c2)c1. The van der Waals surface area contributed by atoms with Gasteiger partial charge in [0.15, 0.2) is 0 Å². The minimum Gasteiger partial charge on any atom is -0.497 e. The molecular formula is C27H31N5O3. The van der Waals surface area contributed by atoms with Crippen molar-refractivity contribution < 1.29 is 14.2 Å². The molecule has 0 aliphatic carbocycles. The fourth-order valence-electron chi connectivity index (χ4n) is 4.31. The number of pyridine rings is 1. The van der Waals surface area contributed by atoms with Gasteiger partial charge in [-0.15, -0.1) is 0 Å². The van der Waals surface area contributed by atoms with Crippen molar-refractivity contribution in [2.75, 3.05) is 51.5 Å². The minimum absolute atomic E-state index is 0.600. The summed E-state index contributed by atoms with van der Waals surface area (Å²) >= 11 is 0. The molecule has 0 saturated carbocycles. The number of anilines is 1. The van der Waals surface area contributed by atoms with Gasteiger partial charge in [0, 0.05) is 50.7 Å². The van der Waals surface area contributed by atoms with E-state index in [0.717, 1.165) is 68.4 Å². The third-order valence-corrected chi connectivity index (χ3v) is 6.21. The van der Waals surface area contributed by atoms with Crippen LogP contribution in [0.25, 0.3) is 11.0 Å². The van der Waals surface area contributed by atoms with Gasteiger partial charge in [0.1, 0.15) is 12.4 Å². The highest BCUT2D eigenvalue weighted by atomic mass is 16.5. The zero-order chi connectivity index (χ0) is 23.9. The maximum Gasteiger partial charge on any atom is 0.215 e. The van der Waals surface area contributed by atoms with E-state index in [1.165, 1.54) is 11.1 Å². The lowest BCUT2D eigenvalue weighted by atomic mass is 10.1. The second kappa shape index (κ2) is 11.2. The van der Waals surface area contributed by atoms with Crippen molar-refractivity contribution in [2.24, 2.45) is 0 Å². The van der Waals surface area contributed by atoms with Gasteiger partial charge in [-0.3, -0.25) is 4.90 Å². The molecule has 35 heavy (non-hydrogen) atoms. The Balaban J connectivity index is 1.34. The average molecular weight is 474 g/mol. The Morgan fingerprint density at radius 3 is 2.71 bits per heavy atom. The zero-order valence-electron chi connectivity index (χ0n) is 20.0. The number of nitrogens with zero attached hydrogens (tertiary/aromatic N) is 4. The van der Waals surface area contributed by atoms with Crippen molar-refractivity contribution in [3.63, 3.8) is 0 Å². The van der Waals surface area contributed by atoms with Crippen LogP contribution >= 0.6 is 0 Å². The molecule has 2 aromatic heterocycles. The van der Waals surface area contributed by atoms with Crippen LogP contribution in [0.4, 0.5) is 5.69 Å². The van der Waals surface area contributed by atoms with Gasteiger partial charge in [-0.1, -0.05) is 18.2 Å². The number of aromatic amines is 1. The van der Waals surface area contributed by atoms with E-state index < -0.39 is 0 Å². The number of hydrogen-bond donors (Lipinski definition) is 1. The Labute approximate surface area is 205 Å². The number of methoxy groups -OCH3 is 1. The molecule has 0 amide bonds. The summed E-state index contributed by atoms with van der Waals surface area (Å²) in [5.74, 6) is 1.48. The van der Waals surface area contributed by atoms with Crippen LogP contribution in [0.1, 0.15) is 11.1 Å². The minimum atomic E-state index is 0.600. The van der Waals surface area contributed by atoms with Gasteiger partial charge < -0.3 is 24.1 Å². The summed E-state index contributed by atoms with van der Waals surface area (Å²) in [5.41, 5.74) is 5.40. The van der Waals surface area contributed by atoms with Gasteiger partial charge in [0.25, 0.3) is 0 Å². The van der Waals surface area contributed by atoms with E-state index >= 15 is 0 Å². The Bertz CT molecular complexity index is 1240. The fourth-order valence-corrected chi connectivity index (χ4v) is 4.31. The van der Waals surface area contributed by atoms with Crippen LogP contribution in [-0.4, -0.2) is 66.4 Å². The standard InChI is InChI=1S/C27H31N5O3/c1-33-24-4-2-3-21(15-24)18-32(19-22-5-6-25-26(16-22)30-20-29-25)23-7-8-28-27(17-23)35-14-11-31-9-12-34-13-10-31/h2-8,15-17,20H,9-14,18-19H2,1H3,(H,29,30). The third kappa shape index (κ3) is 6.09. The van der Waals surface area contributed by atoms with Gasteiger partial charge in [-0.25, -0.2) is 9.97 Å². The predicted molar refractivity (Wildman–Crippen MR) is 136 cm³/mol. The lowest BCUT2D eigenvalue weighted by Crippen LogP contribution is -2.38. The highest BCUT2D eigenvalue weighted by Crippen LogP contribution is 2.25. The van der Waals surface area contributed by atoms with Crippen molar-refractivity contribution in [2.45, 2.75) is 13.1 Å². The zero-order valence-corrected chi connectivity index (χ0v) is 20.0. The smallest absolute Gasteiger partial charge is 0.215 e. The second-order valence-electron chi connectivity index (χ2n) is 8.62. The second-order valence-corrected chi connectivity index (χ2v) is 8.62. The molecule has 0 atom stereocenters. The van der Waals surface area contributed by atoms with Crippen LogP contribution in [0.2, 0.25) is 0 Å². The molecule has 8 heteroatoms. The first kappa shape index (κ1) is 23.1. The van der Waals surface area contributed by atoms with Crippen LogP contribution in [-0.2, 0) is 17.8 Å². The van der Waals surface area contributed by atoms with Crippen molar-refractivity contribution in [1.82, 2.24) is 19.9 Å². The van der Waals surface area contributed by atoms with Crippen molar-refractivity contribution in [3.05, 3.63) is 78.2 Å². The number of rotatable bonds is 10. The Kier molecular flexibility index (Phi) is 7.41. The Morgan fingerprint density at radius 1 is 1.00 bits per heavy atom. The van der Waals surface area contributed by atoms with Crippen LogP contribution in [0.5, 0.6) is 11.6 Å². The highest BCUT2D eigenvalue weighted by molar-refractivity contribution is 5.75. The lowest BCUT2D eigenvalue weighted by molar-refractivity contribution is 0.0320. The molecule has 5 rings (SSSR count). The van der Waals surface area contributed by atoms with E-state index in [4.69, 9.17) is 14.2 Å². The number of imidazole rings is 1. The van der Waals surface area contributed by atoms with Gasteiger partial charge in [-0.05, 0) is 41.5 Å². The van der Waals surface area contributed by atoms with Crippen LogP contribution in [0.3, 0.4) is 0 Å². The van der Waals surface area contributed by atoms with Gasteiger partial charge in [0.05, 0.1) is 37.7 Å². The molecule has 3 heterocycles. The quantitative estimate of drug-likeness (QED) is 0.375. The molecule has 1 aliphatic rings. The fraction of sp³-hybridized carbons (Fsp3) is 0.333. The lowest BCUT2D eigenvalue weighted by Gasteiger charge is -2.27. The van der Waals surface area contributed by atoms with E-state index in [1.807, 2.05) is 30.5 Å². The Morgan fingerprint density at radius 2 is 1.86 bits per heavy atom. The first-order valence-electron chi connectivity index (χ1n) is 12.0. The van der Waals surface area contributed by atoms with Crippen LogP contribution in [0, 0.1) is 0 Å². The molecule has 182 valence electrons. The average Bonchev–Trinajstić information content (AvgIpc) is 3.37. The first-order chi connectivity index (χ1) is 17.3. The molecule has 0 unspecified atom stereocenters. The van der Waals surface area contributed by atoms with E-state index in [0.29, 0.717) is 12.5 Å². The molecule has 8 nitrogen and oxygen atoms in total. The number of ether oxygens (including phenoxy) is 3. The third-order valence-electron chi connectivity index (χ3n) is 6.21. The van der Waals surface area contributed by atoms with E-state index in [9.17, 15) is 0 Å². The summed E-state index contributed by atoms with van der Waals surface area (Å²) in [6.45, 7) is 6.39. The largest absolute Gasteiger partial charge is 0.497 e. The summed E-state index contributed by atoms with van der Waals surface area (Å²) in [5, 5.41) is 0. The summed E-state index contributed by atoms with van der Waals surface area (Å²) in [6, 6.07) is 18.6. The molecule has 1 N–H and O–H groups in total. The number of aromatic nitrogens is 3. The number of H-pyrrole nitrogens is 1. The van der Waals surface area contributed by atoms with E-state index in [1.54, 1.807) is 13.4 Å². The molecule has 0 radical (unpaired) electrons. The summed E-state index contributed by atoms with van der Waals surface area (Å²) in [6.07, 6.45) is 3.54. The van der Waals surface area contributed by atoms with Crippen molar-refractivity contribution in [1.29, 1.82) is 0 Å². The maximum absolute atomic E-state index is 6.03. The molecule has 1 saturated heterocycles. The van der Waals surface area contributed by atoms with Gasteiger partial charge in [-0.2, -0.15) is 0 Å². The number of benzene rings is 2. The molecule has 4 aromatic rings. The maximum atomic E-state index is 6.03. The summed E-state index contributed by atoms with van der Waals surface area (Å²) < 4.78 is 16.9. The Hall–Kier alpha value is -3.62. The topological polar surface area (TPSA) is 75.7 Å². The molecule has 2 aromatic carbocycles. The summed E-state index contributed by atoms with van der Waals surface area (Å²) in [4.78, 5) is 16.7. The van der Waals surface area contributed by atoms with Crippen LogP contribution < -0.4 is 14.4 Å². The molecule has 1 aliphatic heterocycles. The van der Waals surface area contributed by atoms with E-state index in [2.05, 4.69) is 55.1 Å². The van der Waals surface area contributed by atoms with Crippen LogP contribution in [0.15, 0.2) is 67.1 Å². The normalized spacial score (nSPS) is 14.2. The number of nitrogens with one attached hydrogen (secondary N) is 1. The number of hydrogen-bond acceptors (Lipinski definition) is 7. The number of morpholine rings is 1. The predicted octanol–water partition coefficient (Wildman–Crippen LogP) is 3.88. The van der Waals surface area contributed by atoms with Crippen molar-refractivity contribution in [3.8, 4) is 11.6 Å².